The van der Waals surface area contributed by atoms with Crippen LogP contribution in [0.5, 0.6) is 5.75 Å². The second-order valence-electron chi connectivity index (χ2n) is 6.66. The molecule has 0 aliphatic carbocycles. The first-order valence-electron chi connectivity index (χ1n) is 9.41. The SMILES string of the molecule is CCOc1ccc(Sc2nc(N)nc3c2ncn3CCOCP(=O)(O)CC(F)(F)F)cc1. The van der Waals surface area contributed by atoms with Gasteiger partial charge in [0.25, 0.3) is 0 Å². The van der Waals surface area contributed by atoms with E-state index in [-0.39, 0.29) is 19.1 Å². The number of halogens is 3. The van der Waals surface area contributed by atoms with Crippen LogP contribution in [0.25, 0.3) is 11.2 Å². The van der Waals surface area contributed by atoms with Crippen molar-refractivity contribution in [2.45, 2.75) is 29.6 Å². The number of fused-ring (bicyclic) bond motifs is 1. The van der Waals surface area contributed by atoms with Crippen LogP contribution in [-0.2, 0) is 15.8 Å². The zero-order valence-corrected chi connectivity index (χ0v) is 18.7. The smallest absolute Gasteiger partial charge is 0.398 e. The summed E-state index contributed by atoms with van der Waals surface area (Å²) in [6.07, 6.45) is -5.95. The van der Waals surface area contributed by atoms with Crippen molar-refractivity contribution in [1.29, 1.82) is 0 Å². The highest BCUT2D eigenvalue weighted by Gasteiger charge is 2.38. The number of anilines is 1. The van der Waals surface area contributed by atoms with Gasteiger partial charge in [-0.2, -0.15) is 18.2 Å². The normalized spacial score (nSPS) is 13.9. The molecule has 174 valence electrons. The number of aromatic nitrogens is 4. The van der Waals surface area contributed by atoms with E-state index in [0.29, 0.717) is 22.8 Å². The summed E-state index contributed by atoms with van der Waals surface area (Å²) >= 11 is 1.34. The second-order valence-corrected chi connectivity index (χ2v) is 9.99. The summed E-state index contributed by atoms with van der Waals surface area (Å²) in [5, 5.41) is 0.529. The number of imidazole rings is 1. The minimum absolute atomic E-state index is 0.0265. The Morgan fingerprint density at radius 2 is 1.97 bits per heavy atom. The van der Waals surface area contributed by atoms with Gasteiger partial charge in [-0.15, -0.1) is 0 Å². The van der Waals surface area contributed by atoms with Gasteiger partial charge in [0.05, 0.1) is 19.5 Å². The number of nitrogens with two attached hydrogens (primary N) is 1. The van der Waals surface area contributed by atoms with E-state index in [1.54, 1.807) is 4.57 Å². The molecule has 14 heteroatoms. The lowest BCUT2D eigenvalue weighted by molar-refractivity contribution is -0.108. The highest BCUT2D eigenvalue weighted by Crippen LogP contribution is 2.45. The predicted octanol–water partition coefficient (Wildman–Crippen LogP) is 3.77. The Morgan fingerprint density at radius 3 is 2.62 bits per heavy atom. The number of ether oxygens (including phenoxy) is 2. The van der Waals surface area contributed by atoms with Crippen molar-refractivity contribution in [3.05, 3.63) is 30.6 Å². The van der Waals surface area contributed by atoms with Crippen LogP contribution in [0.2, 0.25) is 0 Å². The van der Waals surface area contributed by atoms with Crippen LogP contribution >= 0.6 is 19.1 Å². The summed E-state index contributed by atoms with van der Waals surface area (Å²) in [5.74, 6) is 0.773. The lowest BCUT2D eigenvalue weighted by atomic mass is 10.3. The molecule has 3 rings (SSSR count). The maximum atomic E-state index is 12.3. The van der Waals surface area contributed by atoms with Gasteiger partial charge in [-0.1, -0.05) is 11.8 Å². The maximum Gasteiger partial charge on any atom is 0.398 e. The minimum Gasteiger partial charge on any atom is -0.494 e. The highest BCUT2D eigenvalue weighted by atomic mass is 32.2. The number of hydrogen-bond acceptors (Lipinski definition) is 8. The fourth-order valence-corrected chi connectivity index (χ4v) is 4.69. The molecule has 1 aromatic carbocycles. The summed E-state index contributed by atoms with van der Waals surface area (Å²) in [6, 6.07) is 7.42. The first-order valence-corrected chi connectivity index (χ1v) is 12.3. The number of rotatable bonds is 10. The molecule has 3 aromatic rings. The average Bonchev–Trinajstić information content (AvgIpc) is 3.08. The third-order valence-corrected chi connectivity index (χ3v) is 6.42. The Morgan fingerprint density at radius 1 is 1.25 bits per heavy atom. The molecule has 0 aliphatic heterocycles. The van der Waals surface area contributed by atoms with E-state index in [9.17, 15) is 22.6 Å². The molecule has 0 bridgehead atoms. The zero-order valence-electron chi connectivity index (χ0n) is 16.9. The molecule has 1 unspecified atom stereocenters. The van der Waals surface area contributed by atoms with Crippen LogP contribution in [0.1, 0.15) is 6.92 Å². The molecule has 0 spiro atoms. The Kier molecular flexibility index (Phi) is 7.65. The largest absolute Gasteiger partial charge is 0.494 e. The van der Waals surface area contributed by atoms with E-state index in [0.717, 1.165) is 10.6 Å². The zero-order chi connectivity index (χ0) is 23.4. The fraction of sp³-hybridized carbons (Fsp3) is 0.389. The summed E-state index contributed by atoms with van der Waals surface area (Å²) in [6.45, 7) is 2.50. The summed E-state index contributed by atoms with van der Waals surface area (Å²) in [4.78, 5) is 23.0. The molecule has 32 heavy (non-hydrogen) atoms. The lowest BCUT2D eigenvalue weighted by Gasteiger charge is -2.14. The van der Waals surface area contributed by atoms with E-state index >= 15 is 0 Å². The molecular weight excluding hydrogens is 470 g/mol. The topological polar surface area (TPSA) is 125 Å². The van der Waals surface area contributed by atoms with Crippen molar-refractivity contribution in [1.82, 2.24) is 19.5 Å². The minimum atomic E-state index is -4.74. The average molecular weight is 491 g/mol. The Balaban J connectivity index is 1.67. The molecular formula is C18H21F3N5O4PS. The van der Waals surface area contributed by atoms with Gasteiger partial charge in [0.2, 0.25) is 13.3 Å². The van der Waals surface area contributed by atoms with Crippen LogP contribution in [0.15, 0.2) is 40.5 Å². The van der Waals surface area contributed by atoms with Crippen LogP contribution in [0.3, 0.4) is 0 Å². The molecule has 1 atom stereocenters. The first kappa shape index (κ1) is 24.3. The molecule has 2 aromatic heterocycles. The molecule has 0 fully saturated rings. The Bertz CT molecular complexity index is 1110. The first-order chi connectivity index (χ1) is 15.1. The predicted molar refractivity (Wildman–Crippen MR) is 113 cm³/mol. The van der Waals surface area contributed by atoms with E-state index < -0.39 is 26.1 Å². The Hall–Kier alpha value is -2.34. The molecule has 0 aliphatic rings. The van der Waals surface area contributed by atoms with Crippen molar-refractivity contribution in [3.8, 4) is 5.75 Å². The van der Waals surface area contributed by atoms with Gasteiger partial charge < -0.3 is 24.7 Å². The maximum absolute atomic E-state index is 12.3. The lowest BCUT2D eigenvalue weighted by Crippen LogP contribution is -2.17. The fourth-order valence-electron chi connectivity index (χ4n) is 2.75. The van der Waals surface area contributed by atoms with Crippen molar-refractivity contribution in [3.63, 3.8) is 0 Å². The number of benzene rings is 1. The van der Waals surface area contributed by atoms with Gasteiger partial charge in [-0.25, -0.2) is 9.97 Å². The number of nitrogens with zero attached hydrogens (tertiary/aromatic N) is 4. The Labute approximate surface area is 185 Å². The van der Waals surface area contributed by atoms with E-state index in [4.69, 9.17) is 15.2 Å². The van der Waals surface area contributed by atoms with E-state index in [2.05, 4.69) is 15.0 Å². The van der Waals surface area contributed by atoms with Crippen molar-refractivity contribution < 1.29 is 32.1 Å². The van der Waals surface area contributed by atoms with Crippen molar-refractivity contribution in [2.24, 2.45) is 0 Å². The van der Waals surface area contributed by atoms with Crippen LogP contribution in [0.4, 0.5) is 19.1 Å². The molecule has 0 amide bonds. The van der Waals surface area contributed by atoms with Crippen LogP contribution in [-0.4, -0.2) is 56.3 Å². The molecule has 9 nitrogen and oxygen atoms in total. The van der Waals surface area contributed by atoms with Gasteiger partial charge in [0.1, 0.15) is 28.8 Å². The summed E-state index contributed by atoms with van der Waals surface area (Å²) in [5.41, 5.74) is 6.74. The van der Waals surface area contributed by atoms with Crippen molar-refractivity contribution in [2.75, 3.05) is 31.5 Å². The highest BCUT2D eigenvalue weighted by molar-refractivity contribution is 7.99. The number of nitrogen functional groups attached to an aromatic ring is 1. The third-order valence-electron chi connectivity index (χ3n) is 3.99. The molecule has 0 saturated heterocycles. The number of alkyl halides is 3. The van der Waals surface area contributed by atoms with Crippen LogP contribution < -0.4 is 10.5 Å². The van der Waals surface area contributed by atoms with E-state index in [1.807, 2.05) is 31.2 Å². The molecule has 3 N–H and O–H groups in total. The van der Waals surface area contributed by atoms with Crippen molar-refractivity contribution >= 4 is 36.2 Å². The van der Waals surface area contributed by atoms with Crippen LogP contribution in [0, 0.1) is 0 Å². The standard InChI is InChI=1S/C18H21F3N5O4PS/c1-2-30-12-3-5-13(6-4-12)32-16-14-15(24-17(22)25-16)26(10-23-14)7-8-29-11-31(27,28)9-18(19,20)21/h3-6,10H,2,7-9,11H2,1H3,(H,27,28)(H2,22,24,25). The summed E-state index contributed by atoms with van der Waals surface area (Å²) in [7, 11) is -4.46. The van der Waals surface area contributed by atoms with Gasteiger partial charge in [0, 0.05) is 11.4 Å². The van der Waals surface area contributed by atoms with E-state index in [1.165, 1.54) is 18.1 Å². The van der Waals surface area contributed by atoms with Gasteiger partial charge in [-0.3, -0.25) is 4.57 Å². The number of hydrogen-bond donors (Lipinski definition) is 2. The summed E-state index contributed by atoms with van der Waals surface area (Å²) < 4.78 is 60.5. The van der Waals surface area contributed by atoms with Gasteiger partial charge in [-0.05, 0) is 31.2 Å². The molecule has 0 radical (unpaired) electrons. The third kappa shape index (κ3) is 6.83. The monoisotopic (exact) mass is 491 g/mol. The molecule has 0 saturated carbocycles. The van der Waals surface area contributed by atoms with Gasteiger partial charge in [0.15, 0.2) is 5.65 Å². The second kappa shape index (κ2) is 10.1. The molecule has 2 heterocycles. The van der Waals surface area contributed by atoms with Gasteiger partial charge >= 0.3 is 6.18 Å². The quantitative estimate of drug-likeness (QED) is 0.248.